The monoisotopic (exact) mass is 298 g/mol. The van der Waals surface area contributed by atoms with Gasteiger partial charge in [-0.3, -0.25) is 9.36 Å². The van der Waals surface area contributed by atoms with Crippen LogP contribution in [0.1, 0.15) is 39.5 Å². The van der Waals surface area contributed by atoms with Crippen LogP contribution in [0.25, 0.3) is 0 Å². The number of nitrogens with zero attached hydrogens (tertiary/aromatic N) is 1. The molecule has 1 aromatic rings. The van der Waals surface area contributed by atoms with Gasteiger partial charge in [0.25, 0.3) is 0 Å². The van der Waals surface area contributed by atoms with Gasteiger partial charge in [-0.05, 0) is 32.9 Å². The van der Waals surface area contributed by atoms with E-state index in [2.05, 4.69) is 5.32 Å². The average Bonchev–Trinajstić information content (AvgIpc) is 2.81. The van der Waals surface area contributed by atoms with E-state index in [9.17, 15) is 19.8 Å². The number of ether oxygens (including phenoxy) is 1. The molecule has 21 heavy (non-hydrogen) atoms. The first-order chi connectivity index (χ1) is 9.61. The minimum Gasteiger partial charge on any atom is -0.443 e. The molecule has 3 N–H and O–H groups in total. The summed E-state index contributed by atoms with van der Waals surface area (Å²) in [4.78, 5) is 22.8. The first-order valence-electron chi connectivity index (χ1n) is 6.63. The van der Waals surface area contributed by atoms with Crippen molar-refractivity contribution in [2.45, 2.75) is 45.5 Å². The number of carbonyl (C=O) groups is 2. The molecule has 0 bridgehead atoms. The third-order valence-electron chi connectivity index (χ3n) is 2.60. The maximum Gasteiger partial charge on any atom is 0.418 e. The smallest absolute Gasteiger partial charge is 0.418 e. The van der Waals surface area contributed by atoms with E-state index in [-0.39, 0.29) is 18.1 Å². The van der Waals surface area contributed by atoms with Crippen molar-refractivity contribution in [2.24, 2.45) is 0 Å². The van der Waals surface area contributed by atoms with Crippen molar-refractivity contribution in [2.75, 3.05) is 6.54 Å². The number of rotatable bonds is 4. The summed E-state index contributed by atoms with van der Waals surface area (Å²) < 4.78 is 6.34. The van der Waals surface area contributed by atoms with Crippen molar-refractivity contribution in [1.29, 1.82) is 0 Å². The quantitative estimate of drug-likeness (QED) is 0.763. The first kappa shape index (κ1) is 17.2. The summed E-state index contributed by atoms with van der Waals surface area (Å²) in [7, 11) is 0. The zero-order valence-electron chi connectivity index (χ0n) is 12.7. The van der Waals surface area contributed by atoms with Gasteiger partial charge in [0.2, 0.25) is 5.91 Å². The molecule has 0 aliphatic heterocycles. The van der Waals surface area contributed by atoms with Gasteiger partial charge in [0.15, 0.2) is 0 Å². The van der Waals surface area contributed by atoms with Crippen molar-refractivity contribution in [3.63, 3.8) is 0 Å². The van der Waals surface area contributed by atoms with Crippen LogP contribution in [-0.2, 0) is 9.53 Å². The lowest BCUT2D eigenvalue weighted by atomic mass is 10.1. The second kappa shape index (κ2) is 6.73. The lowest BCUT2D eigenvalue weighted by Gasteiger charge is -2.23. The van der Waals surface area contributed by atoms with Crippen LogP contribution in [0.15, 0.2) is 18.3 Å². The largest absolute Gasteiger partial charge is 0.443 e. The van der Waals surface area contributed by atoms with Crippen LogP contribution < -0.4 is 5.32 Å². The molecule has 1 heterocycles. The molecule has 1 rings (SSSR count). The van der Waals surface area contributed by atoms with Crippen molar-refractivity contribution >= 4 is 12.0 Å². The molecular formula is C14H22N2O5. The minimum atomic E-state index is -1.32. The normalized spacial score (nSPS) is 14.4. The number of hydrogen-bond acceptors (Lipinski definition) is 5. The summed E-state index contributed by atoms with van der Waals surface area (Å²) in [5.74, 6) is -0.316. The third-order valence-corrected chi connectivity index (χ3v) is 2.60. The minimum absolute atomic E-state index is 0.115. The van der Waals surface area contributed by atoms with Gasteiger partial charge >= 0.3 is 6.09 Å². The molecule has 1 amide bonds. The summed E-state index contributed by atoms with van der Waals surface area (Å²) in [5, 5.41) is 22.3. The highest BCUT2D eigenvalue weighted by molar-refractivity contribution is 5.73. The van der Waals surface area contributed by atoms with Crippen LogP contribution in [0.3, 0.4) is 0 Å². The molecule has 2 unspecified atom stereocenters. The highest BCUT2D eigenvalue weighted by atomic mass is 16.6. The van der Waals surface area contributed by atoms with E-state index < -0.39 is 23.9 Å². The standard InChI is InChI=1S/C14H22N2O5/c1-9(17)15-8-11(18)12(19)10-6-5-7-16(10)13(20)21-14(2,3)4/h5-7,11-12,18-19H,8H2,1-4H3,(H,15,17). The highest BCUT2D eigenvalue weighted by Gasteiger charge is 2.26. The SMILES string of the molecule is CC(=O)NCC(O)C(O)c1cccn1C(=O)OC(C)(C)C. The Hall–Kier alpha value is -1.86. The lowest BCUT2D eigenvalue weighted by Crippen LogP contribution is -2.36. The number of aromatic nitrogens is 1. The van der Waals surface area contributed by atoms with E-state index in [1.54, 1.807) is 26.8 Å². The van der Waals surface area contributed by atoms with Gasteiger partial charge in [0, 0.05) is 19.7 Å². The number of hydrogen-bond donors (Lipinski definition) is 3. The molecule has 0 fully saturated rings. The fraction of sp³-hybridized carbons (Fsp3) is 0.571. The summed E-state index contributed by atoms with van der Waals surface area (Å²) in [6, 6.07) is 3.07. The zero-order valence-corrected chi connectivity index (χ0v) is 12.7. The molecule has 0 saturated heterocycles. The number of carbonyl (C=O) groups excluding carboxylic acids is 2. The molecule has 2 atom stereocenters. The van der Waals surface area contributed by atoms with Crippen LogP contribution in [0.2, 0.25) is 0 Å². The van der Waals surface area contributed by atoms with E-state index >= 15 is 0 Å². The maximum absolute atomic E-state index is 12.0. The van der Waals surface area contributed by atoms with Gasteiger partial charge in [0.05, 0.1) is 5.69 Å². The lowest BCUT2D eigenvalue weighted by molar-refractivity contribution is -0.119. The van der Waals surface area contributed by atoms with E-state index in [0.29, 0.717) is 0 Å². The predicted molar refractivity (Wildman–Crippen MR) is 75.7 cm³/mol. The second-order valence-electron chi connectivity index (χ2n) is 5.73. The Morgan fingerprint density at radius 2 is 2.00 bits per heavy atom. The summed E-state index contributed by atoms with van der Waals surface area (Å²) >= 11 is 0. The van der Waals surface area contributed by atoms with Gasteiger partial charge < -0.3 is 20.3 Å². The molecule has 7 heteroatoms. The van der Waals surface area contributed by atoms with Gasteiger partial charge in [-0.25, -0.2) is 4.79 Å². The molecule has 0 spiro atoms. The van der Waals surface area contributed by atoms with Gasteiger partial charge in [0.1, 0.15) is 17.8 Å². The molecule has 0 saturated carbocycles. The van der Waals surface area contributed by atoms with Crippen molar-refractivity contribution in [1.82, 2.24) is 9.88 Å². The second-order valence-corrected chi connectivity index (χ2v) is 5.73. The Bertz CT molecular complexity index is 504. The van der Waals surface area contributed by atoms with Crippen LogP contribution >= 0.6 is 0 Å². The molecule has 7 nitrogen and oxygen atoms in total. The van der Waals surface area contributed by atoms with Crippen LogP contribution in [-0.4, -0.2) is 45.0 Å². The van der Waals surface area contributed by atoms with Crippen LogP contribution in [0, 0.1) is 0 Å². The van der Waals surface area contributed by atoms with Crippen molar-refractivity contribution in [3.05, 3.63) is 24.0 Å². The fourth-order valence-corrected chi connectivity index (χ4v) is 1.67. The van der Waals surface area contributed by atoms with E-state index in [1.807, 2.05) is 0 Å². The Kier molecular flexibility index (Phi) is 5.51. The summed E-state index contributed by atoms with van der Waals surface area (Å²) in [5.41, 5.74) is -0.472. The van der Waals surface area contributed by atoms with Gasteiger partial charge in [-0.15, -0.1) is 0 Å². The molecule has 118 valence electrons. The number of aliphatic hydroxyl groups excluding tert-OH is 2. The highest BCUT2D eigenvalue weighted by Crippen LogP contribution is 2.19. The van der Waals surface area contributed by atoms with E-state index in [4.69, 9.17) is 4.74 Å². The predicted octanol–water partition coefficient (Wildman–Crippen LogP) is 0.802. The van der Waals surface area contributed by atoms with Gasteiger partial charge in [-0.2, -0.15) is 0 Å². The Labute approximate surface area is 123 Å². The summed E-state index contributed by atoms with van der Waals surface area (Å²) in [6.07, 6.45) is -1.75. The number of aliphatic hydroxyl groups is 2. The van der Waals surface area contributed by atoms with Crippen LogP contribution in [0.4, 0.5) is 4.79 Å². The van der Waals surface area contributed by atoms with Gasteiger partial charge in [-0.1, -0.05) is 0 Å². The topological polar surface area (TPSA) is 101 Å². The molecule has 0 aliphatic carbocycles. The number of nitrogens with one attached hydrogen (secondary N) is 1. The third kappa shape index (κ3) is 5.20. The Morgan fingerprint density at radius 3 is 2.52 bits per heavy atom. The van der Waals surface area contributed by atoms with Crippen molar-refractivity contribution in [3.8, 4) is 0 Å². The van der Waals surface area contributed by atoms with E-state index in [0.717, 1.165) is 4.57 Å². The molecule has 1 aromatic heterocycles. The molecule has 0 aromatic carbocycles. The molecule has 0 aliphatic rings. The molecular weight excluding hydrogens is 276 g/mol. The molecule has 0 radical (unpaired) electrons. The fourth-order valence-electron chi connectivity index (χ4n) is 1.67. The maximum atomic E-state index is 12.0. The van der Waals surface area contributed by atoms with Crippen molar-refractivity contribution < 1.29 is 24.5 Å². The average molecular weight is 298 g/mol. The van der Waals surface area contributed by atoms with Crippen LogP contribution in [0.5, 0.6) is 0 Å². The first-order valence-corrected chi connectivity index (χ1v) is 6.63. The van der Waals surface area contributed by atoms with E-state index in [1.165, 1.54) is 19.2 Å². The Balaban J connectivity index is 2.82. The Morgan fingerprint density at radius 1 is 1.38 bits per heavy atom. The number of amides is 1. The zero-order chi connectivity index (χ0) is 16.2. The summed E-state index contributed by atoms with van der Waals surface area (Å²) in [6.45, 7) is 6.39.